The van der Waals surface area contributed by atoms with Gasteiger partial charge >= 0.3 is 6.09 Å². The average molecular weight is 361 g/mol. The zero-order valence-electron chi connectivity index (χ0n) is 14.4. The standard InChI is InChI=1S/C18H20FN3O4/c1-2-26-18(25)22-7-5-12(6-8-22)21-17(24)16(23)14-10-20-15-4-3-11(19)9-13(14)15/h3-4,9-10,12,20H,2,5-8H2,1H3,(H,21,24). The van der Waals surface area contributed by atoms with Gasteiger partial charge in [-0.15, -0.1) is 0 Å². The van der Waals surface area contributed by atoms with Crippen LogP contribution in [-0.4, -0.2) is 53.4 Å². The summed E-state index contributed by atoms with van der Waals surface area (Å²) in [7, 11) is 0. The number of H-pyrrole nitrogens is 1. The monoisotopic (exact) mass is 361 g/mol. The molecular weight excluding hydrogens is 341 g/mol. The number of ether oxygens (including phenoxy) is 1. The van der Waals surface area contributed by atoms with Crippen LogP contribution in [-0.2, 0) is 9.53 Å². The molecule has 2 N–H and O–H groups in total. The van der Waals surface area contributed by atoms with Crippen LogP contribution in [0.5, 0.6) is 0 Å². The molecule has 0 radical (unpaired) electrons. The lowest BCUT2D eigenvalue weighted by Gasteiger charge is -2.31. The number of nitrogens with zero attached hydrogens (tertiary/aromatic N) is 1. The van der Waals surface area contributed by atoms with Gasteiger partial charge < -0.3 is 19.9 Å². The Morgan fingerprint density at radius 1 is 1.31 bits per heavy atom. The van der Waals surface area contributed by atoms with Crippen LogP contribution >= 0.6 is 0 Å². The van der Waals surface area contributed by atoms with E-state index in [4.69, 9.17) is 4.74 Å². The quantitative estimate of drug-likeness (QED) is 0.645. The lowest BCUT2D eigenvalue weighted by Crippen LogP contribution is -2.48. The van der Waals surface area contributed by atoms with Gasteiger partial charge in [0.2, 0.25) is 0 Å². The number of benzene rings is 1. The smallest absolute Gasteiger partial charge is 0.409 e. The summed E-state index contributed by atoms with van der Waals surface area (Å²) in [4.78, 5) is 40.8. The van der Waals surface area contributed by atoms with Crippen LogP contribution in [0.1, 0.15) is 30.1 Å². The fourth-order valence-electron chi connectivity index (χ4n) is 3.08. The minimum absolute atomic E-state index is 0.140. The molecule has 1 aromatic carbocycles. The molecule has 0 spiro atoms. The van der Waals surface area contributed by atoms with E-state index in [2.05, 4.69) is 10.3 Å². The molecule has 1 aliphatic rings. The van der Waals surface area contributed by atoms with Gasteiger partial charge in [-0.05, 0) is 38.0 Å². The summed E-state index contributed by atoms with van der Waals surface area (Å²) in [5, 5.41) is 3.08. The minimum Gasteiger partial charge on any atom is -0.450 e. The zero-order valence-corrected chi connectivity index (χ0v) is 14.4. The molecule has 2 aromatic rings. The largest absolute Gasteiger partial charge is 0.450 e. The van der Waals surface area contributed by atoms with E-state index in [9.17, 15) is 18.8 Å². The van der Waals surface area contributed by atoms with Gasteiger partial charge in [-0.25, -0.2) is 9.18 Å². The lowest BCUT2D eigenvalue weighted by atomic mass is 10.0. The number of piperidine rings is 1. The first-order valence-electron chi connectivity index (χ1n) is 8.53. The van der Waals surface area contributed by atoms with E-state index >= 15 is 0 Å². The van der Waals surface area contributed by atoms with Crippen molar-refractivity contribution in [2.24, 2.45) is 0 Å². The van der Waals surface area contributed by atoms with Crippen molar-refractivity contribution in [2.45, 2.75) is 25.8 Å². The van der Waals surface area contributed by atoms with Crippen molar-refractivity contribution in [3.63, 3.8) is 0 Å². The zero-order chi connectivity index (χ0) is 18.7. The van der Waals surface area contributed by atoms with E-state index in [-0.39, 0.29) is 17.7 Å². The molecule has 3 rings (SSSR count). The van der Waals surface area contributed by atoms with Gasteiger partial charge in [-0.3, -0.25) is 9.59 Å². The number of hydrogen-bond acceptors (Lipinski definition) is 4. The number of halogens is 1. The number of carbonyl (C=O) groups is 3. The molecule has 1 aliphatic heterocycles. The van der Waals surface area contributed by atoms with Crippen LogP contribution in [0.3, 0.4) is 0 Å². The minimum atomic E-state index is -0.732. The second kappa shape index (κ2) is 7.55. The molecule has 8 heteroatoms. The maximum atomic E-state index is 13.4. The average Bonchev–Trinajstić information content (AvgIpc) is 3.04. The molecule has 138 valence electrons. The van der Waals surface area contributed by atoms with Gasteiger partial charge in [0.25, 0.3) is 11.7 Å². The first kappa shape index (κ1) is 17.9. The molecule has 1 fully saturated rings. The molecule has 7 nitrogen and oxygen atoms in total. The fraction of sp³-hybridized carbons (Fsp3) is 0.389. The molecule has 2 amide bonds. The number of rotatable bonds is 4. The molecule has 1 saturated heterocycles. The van der Waals surface area contributed by atoms with Crippen LogP contribution in [0.2, 0.25) is 0 Å². The summed E-state index contributed by atoms with van der Waals surface area (Å²) >= 11 is 0. The Labute approximate surface area is 149 Å². The van der Waals surface area contributed by atoms with Gasteiger partial charge in [0.1, 0.15) is 5.82 Å². The SMILES string of the molecule is CCOC(=O)N1CCC(NC(=O)C(=O)c2c[nH]c3ccc(F)cc23)CC1. The lowest BCUT2D eigenvalue weighted by molar-refractivity contribution is -0.117. The van der Waals surface area contributed by atoms with Gasteiger partial charge in [-0.2, -0.15) is 0 Å². The number of hydrogen-bond donors (Lipinski definition) is 2. The number of fused-ring (bicyclic) bond motifs is 1. The van der Waals surface area contributed by atoms with Gasteiger partial charge in [0.15, 0.2) is 0 Å². The number of aromatic amines is 1. The number of amides is 2. The van der Waals surface area contributed by atoms with Crippen molar-refractivity contribution in [1.29, 1.82) is 0 Å². The van der Waals surface area contributed by atoms with Crippen molar-refractivity contribution in [2.75, 3.05) is 19.7 Å². The maximum Gasteiger partial charge on any atom is 0.409 e. The second-order valence-corrected chi connectivity index (χ2v) is 6.16. The number of ketones is 1. The molecule has 0 atom stereocenters. The predicted octanol–water partition coefficient (Wildman–Crippen LogP) is 2.23. The Balaban J connectivity index is 1.61. The fourth-order valence-corrected chi connectivity index (χ4v) is 3.08. The molecule has 0 unspecified atom stereocenters. The molecule has 2 heterocycles. The first-order chi connectivity index (χ1) is 12.5. The molecular formula is C18H20FN3O4. The number of aromatic nitrogens is 1. The Morgan fingerprint density at radius 2 is 2.04 bits per heavy atom. The van der Waals surface area contributed by atoms with Crippen molar-refractivity contribution in [1.82, 2.24) is 15.2 Å². The van der Waals surface area contributed by atoms with Crippen molar-refractivity contribution in [3.8, 4) is 0 Å². The topological polar surface area (TPSA) is 91.5 Å². The van der Waals surface area contributed by atoms with Crippen molar-refractivity contribution in [3.05, 3.63) is 35.8 Å². The third kappa shape index (κ3) is 3.68. The Bertz CT molecular complexity index is 840. The van der Waals surface area contributed by atoms with E-state index in [0.29, 0.717) is 43.4 Å². The molecule has 0 bridgehead atoms. The first-order valence-corrected chi connectivity index (χ1v) is 8.53. The summed E-state index contributed by atoms with van der Waals surface area (Å²) < 4.78 is 18.4. The van der Waals surface area contributed by atoms with Gasteiger partial charge in [-0.1, -0.05) is 0 Å². The van der Waals surface area contributed by atoms with Gasteiger partial charge in [0, 0.05) is 36.2 Å². The number of nitrogens with one attached hydrogen (secondary N) is 2. The number of Topliss-reactive ketones (excluding diaryl/α,β-unsaturated/α-hetero) is 1. The summed E-state index contributed by atoms with van der Waals surface area (Å²) in [5.41, 5.74) is 0.728. The van der Waals surface area contributed by atoms with Crippen LogP contribution < -0.4 is 5.32 Å². The summed E-state index contributed by atoms with van der Waals surface area (Å²) in [6, 6.07) is 3.83. The van der Waals surface area contributed by atoms with E-state index in [1.807, 2.05) is 0 Å². The maximum absolute atomic E-state index is 13.4. The normalized spacial score (nSPS) is 15.1. The van der Waals surface area contributed by atoms with Crippen LogP contribution in [0.4, 0.5) is 9.18 Å². The van der Waals surface area contributed by atoms with E-state index < -0.39 is 17.5 Å². The van der Waals surface area contributed by atoms with E-state index in [1.54, 1.807) is 11.8 Å². The highest BCUT2D eigenvalue weighted by Gasteiger charge is 2.27. The predicted molar refractivity (Wildman–Crippen MR) is 92.3 cm³/mol. The Morgan fingerprint density at radius 3 is 2.73 bits per heavy atom. The van der Waals surface area contributed by atoms with E-state index in [0.717, 1.165) is 0 Å². The summed E-state index contributed by atoms with van der Waals surface area (Å²) in [5.74, 6) is -1.92. The third-order valence-corrected chi connectivity index (χ3v) is 4.45. The van der Waals surface area contributed by atoms with Gasteiger partial charge in [0.05, 0.1) is 12.2 Å². The Hall–Kier alpha value is -2.90. The molecule has 0 saturated carbocycles. The van der Waals surface area contributed by atoms with Crippen LogP contribution in [0.25, 0.3) is 10.9 Å². The molecule has 26 heavy (non-hydrogen) atoms. The highest BCUT2D eigenvalue weighted by molar-refractivity contribution is 6.45. The van der Waals surface area contributed by atoms with Crippen molar-refractivity contribution < 1.29 is 23.5 Å². The van der Waals surface area contributed by atoms with Crippen molar-refractivity contribution >= 4 is 28.7 Å². The number of carbonyl (C=O) groups excluding carboxylic acids is 3. The van der Waals surface area contributed by atoms with Crippen LogP contribution in [0.15, 0.2) is 24.4 Å². The highest BCUT2D eigenvalue weighted by atomic mass is 19.1. The number of likely N-dealkylation sites (tertiary alicyclic amines) is 1. The van der Waals surface area contributed by atoms with E-state index in [1.165, 1.54) is 24.4 Å². The highest BCUT2D eigenvalue weighted by Crippen LogP contribution is 2.20. The summed E-state index contributed by atoms with van der Waals surface area (Å²) in [6.45, 7) is 2.97. The third-order valence-electron chi connectivity index (χ3n) is 4.45. The second-order valence-electron chi connectivity index (χ2n) is 6.16. The summed E-state index contributed by atoms with van der Waals surface area (Å²) in [6.07, 6.45) is 2.13. The molecule has 0 aliphatic carbocycles. The Kier molecular flexibility index (Phi) is 5.20. The van der Waals surface area contributed by atoms with Crippen LogP contribution in [0, 0.1) is 5.82 Å². The molecule has 1 aromatic heterocycles.